The number of aliphatic hydroxyl groups excluding tert-OH is 3. The number of carbonyl (C=O) groups excluding carboxylic acids is 1. The lowest BCUT2D eigenvalue weighted by Gasteiger charge is -2.20. The van der Waals surface area contributed by atoms with Crippen molar-refractivity contribution in [2.45, 2.75) is 225 Å². The average Bonchev–Trinajstić information content (AvgIpc) is 3.11. The summed E-state index contributed by atoms with van der Waals surface area (Å²) in [5.74, 6) is -0.336. The number of nitrogens with one attached hydrogen (secondary N) is 1. The zero-order chi connectivity index (χ0) is 36.6. The first-order chi connectivity index (χ1) is 24.5. The summed E-state index contributed by atoms with van der Waals surface area (Å²) in [7, 11) is 0. The molecule has 0 rings (SSSR count). The number of unbranched alkanes of at least 4 members (excludes halogenated alkanes) is 23. The van der Waals surface area contributed by atoms with Gasteiger partial charge < -0.3 is 20.6 Å². The van der Waals surface area contributed by atoms with Gasteiger partial charge in [-0.2, -0.15) is 0 Å². The maximum atomic E-state index is 12.4. The third-order valence-corrected chi connectivity index (χ3v) is 9.57. The van der Waals surface area contributed by atoms with E-state index in [-0.39, 0.29) is 18.9 Å². The Kier molecular flexibility index (Phi) is 38.7. The molecule has 0 aliphatic carbocycles. The topological polar surface area (TPSA) is 89.8 Å². The van der Waals surface area contributed by atoms with Crippen LogP contribution in [0.4, 0.5) is 0 Å². The molecule has 3 unspecified atom stereocenters. The van der Waals surface area contributed by atoms with Crippen LogP contribution in [-0.4, -0.2) is 46.1 Å². The standard InChI is InChI=1S/C45H83NO4/c1-3-5-7-9-11-13-15-17-19-21-23-24-26-28-30-32-34-36-38-42(48)40-45(50)46-43(41-47)44(49)39-37-35-33-31-29-27-25-22-20-18-16-14-12-10-8-6-4-2/h20,22-24,29,31,37,39,42-44,47-49H,3-19,21,25-28,30,32-36,38,40-41H2,1-2H3,(H,46,50)/b22-20+,24-23-,31-29+,39-37+. The minimum absolute atomic E-state index is 0.00417. The Labute approximate surface area is 310 Å². The molecular weight excluding hydrogens is 618 g/mol. The zero-order valence-electron chi connectivity index (χ0n) is 33.0. The van der Waals surface area contributed by atoms with Crippen LogP contribution in [0.2, 0.25) is 0 Å². The van der Waals surface area contributed by atoms with Gasteiger partial charge in [0.05, 0.1) is 31.3 Å². The van der Waals surface area contributed by atoms with E-state index in [2.05, 4.69) is 55.6 Å². The van der Waals surface area contributed by atoms with Crippen LogP contribution in [0, 0.1) is 0 Å². The van der Waals surface area contributed by atoms with Gasteiger partial charge in [0.15, 0.2) is 0 Å². The van der Waals surface area contributed by atoms with E-state index in [1.807, 2.05) is 6.08 Å². The van der Waals surface area contributed by atoms with Gasteiger partial charge in [-0.3, -0.25) is 4.79 Å². The molecule has 0 spiro atoms. The smallest absolute Gasteiger partial charge is 0.222 e. The summed E-state index contributed by atoms with van der Waals surface area (Å²) in [5.41, 5.74) is 0. The minimum Gasteiger partial charge on any atom is -0.394 e. The fourth-order valence-corrected chi connectivity index (χ4v) is 6.25. The first kappa shape index (κ1) is 48.3. The van der Waals surface area contributed by atoms with Gasteiger partial charge in [0, 0.05) is 0 Å². The molecule has 0 fully saturated rings. The van der Waals surface area contributed by atoms with Crippen LogP contribution >= 0.6 is 0 Å². The molecule has 0 aromatic carbocycles. The van der Waals surface area contributed by atoms with Crippen molar-refractivity contribution in [2.75, 3.05) is 6.61 Å². The minimum atomic E-state index is -0.962. The van der Waals surface area contributed by atoms with Gasteiger partial charge in [0.2, 0.25) is 5.91 Å². The Balaban J connectivity index is 3.77. The highest BCUT2D eigenvalue weighted by atomic mass is 16.3. The molecule has 0 aliphatic rings. The second kappa shape index (κ2) is 40.1. The van der Waals surface area contributed by atoms with Crippen molar-refractivity contribution in [2.24, 2.45) is 0 Å². The summed E-state index contributed by atoms with van der Waals surface area (Å²) in [6.45, 7) is 4.18. The molecule has 0 saturated carbocycles. The average molecular weight is 702 g/mol. The molecule has 292 valence electrons. The number of hydrogen-bond acceptors (Lipinski definition) is 4. The van der Waals surface area contributed by atoms with E-state index >= 15 is 0 Å². The molecule has 0 aromatic heterocycles. The molecular formula is C45H83NO4. The van der Waals surface area contributed by atoms with Gasteiger partial charge in [0.25, 0.3) is 0 Å². The van der Waals surface area contributed by atoms with E-state index in [1.54, 1.807) is 6.08 Å². The van der Waals surface area contributed by atoms with Crippen molar-refractivity contribution in [3.8, 4) is 0 Å². The Morgan fingerprint density at radius 1 is 0.500 bits per heavy atom. The Bertz CT molecular complexity index is 820. The lowest BCUT2D eigenvalue weighted by molar-refractivity contribution is -0.124. The number of carbonyl (C=O) groups is 1. The van der Waals surface area contributed by atoms with Crippen LogP contribution in [0.5, 0.6) is 0 Å². The van der Waals surface area contributed by atoms with Crippen molar-refractivity contribution in [3.05, 3.63) is 48.6 Å². The van der Waals surface area contributed by atoms with E-state index in [0.717, 1.165) is 51.4 Å². The molecule has 5 heteroatoms. The SMILES string of the molecule is CCCCCCCCC/C=C/CC/C=C/CC/C=C/C(O)C(CO)NC(=O)CC(O)CCCCCCC/C=C\CCCCCCCCCCC. The molecule has 0 aromatic rings. The summed E-state index contributed by atoms with van der Waals surface area (Å²) >= 11 is 0. The lowest BCUT2D eigenvalue weighted by atomic mass is 10.0. The van der Waals surface area contributed by atoms with Crippen molar-refractivity contribution in [1.29, 1.82) is 0 Å². The predicted octanol–water partition coefficient (Wildman–Crippen LogP) is 12.2. The lowest BCUT2D eigenvalue weighted by Crippen LogP contribution is -2.45. The molecule has 0 saturated heterocycles. The second-order valence-corrected chi connectivity index (χ2v) is 14.6. The van der Waals surface area contributed by atoms with Gasteiger partial charge >= 0.3 is 0 Å². The molecule has 4 N–H and O–H groups in total. The summed E-state index contributed by atoms with van der Waals surface area (Å²) in [6.07, 6.45) is 51.0. The number of allylic oxidation sites excluding steroid dienone is 7. The quantitative estimate of drug-likeness (QED) is 0.0381. The zero-order valence-corrected chi connectivity index (χ0v) is 33.0. The summed E-state index contributed by atoms with van der Waals surface area (Å²) in [4.78, 5) is 12.4. The van der Waals surface area contributed by atoms with Crippen LogP contribution in [-0.2, 0) is 4.79 Å². The highest BCUT2D eigenvalue weighted by Crippen LogP contribution is 2.13. The van der Waals surface area contributed by atoms with E-state index in [9.17, 15) is 20.1 Å². The molecule has 0 bridgehead atoms. The van der Waals surface area contributed by atoms with Crippen molar-refractivity contribution in [1.82, 2.24) is 5.32 Å². The maximum absolute atomic E-state index is 12.4. The Morgan fingerprint density at radius 2 is 0.860 bits per heavy atom. The maximum Gasteiger partial charge on any atom is 0.222 e. The van der Waals surface area contributed by atoms with Crippen LogP contribution in [0.3, 0.4) is 0 Å². The van der Waals surface area contributed by atoms with Crippen LogP contribution in [0.1, 0.15) is 206 Å². The van der Waals surface area contributed by atoms with Crippen molar-refractivity contribution in [3.63, 3.8) is 0 Å². The molecule has 0 radical (unpaired) electrons. The summed E-state index contributed by atoms with van der Waals surface area (Å²) < 4.78 is 0. The third-order valence-electron chi connectivity index (χ3n) is 9.57. The monoisotopic (exact) mass is 702 g/mol. The van der Waals surface area contributed by atoms with Crippen LogP contribution in [0.25, 0.3) is 0 Å². The summed E-state index contributed by atoms with van der Waals surface area (Å²) in [5, 5.41) is 33.2. The van der Waals surface area contributed by atoms with E-state index in [0.29, 0.717) is 6.42 Å². The van der Waals surface area contributed by atoms with Crippen LogP contribution in [0.15, 0.2) is 48.6 Å². The molecule has 0 aliphatic heterocycles. The number of aliphatic hydroxyl groups is 3. The highest BCUT2D eigenvalue weighted by molar-refractivity contribution is 5.76. The Morgan fingerprint density at radius 3 is 1.28 bits per heavy atom. The first-order valence-corrected chi connectivity index (χ1v) is 21.4. The Hall–Kier alpha value is -1.69. The fourth-order valence-electron chi connectivity index (χ4n) is 6.25. The first-order valence-electron chi connectivity index (χ1n) is 21.4. The summed E-state index contributed by atoms with van der Waals surface area (Å²) in [6, 6.07) is -0.770. The van der Waals surface area contributed by atoms with Gasteiger partial charge in [-0.25, -0.2) is 0 Å². The molecule has 0 heterocycles. The van der Waals surface area contributed by atoms with Crippen molar-refractivity contribution >= 4 is 5.91 Å². The molecule has 50 heavy (non-hydrogen) atoms. The van der Waals surface area contributed by atoms with Gasteiger partial charge in [-0.1, -0.05) is 178 Å². The van der Waals surface area contributed by atoms with E-state index in [1.165, 1.54) is 128 Å². The predicted molar refractivity (Wildman–Crippen MR) is 217 cm³/mol. The van der Waals surface area contributed by atoms with Gasteiger partial charge in [0.1, 0.15) is 0 Å². The molecule has 3 atom stereocenters. The molecule has 1 amide bonds. The molecule has 5 nitrogen and oxygen atoms in total. The number of hydrogen-bond donors (Lipinski definition) is 4. The number of rotatable bonds is 38. The second-order valence-electron chi connectivity index (χ2n) is 14.6. The van der Waals surface area contributed by atoms with Gasteiger partial charge in [-0.15, -0.1) is 0 Å². The van der Waals surface area contributed by atoms with Gasteiger partial charge in [-0.05, 0) is 70.6 Å². The van der Waals surface area contributed by atoms with Crippen LogP contribution < -0.4 is 5.32 Å². The third kappa shape index (κ3) is 36.1. The van der Waals surface area contributed by atoms with Crippen molar-refractivity contribution < 1.29 is 20.1 Å². The van der Waals surface area contributed by atoms with E-state index in [4.69, 9.17) is 0 Å². The largest absolute Gasteiger partial charge is 0.394 e. The number of amides is 1. The van der Waals surface area contributed by atoms with E-state index < -0.39 is 18.2 Å². The highest BCUT2D eigenvalue weighted by Gasteiger charge is 2.20. The normalized spacial score (nSPS) is 14.1. The fraction of sp³-hybridized carbons (Fsp3) is 0.800.